The van der Waals surface area contributed by atoms with Gasteiger partial charge in [-0.05, 0) is 20.0 Å². The molecule has 0 aromatic heterocycles. The molecule has 23 heavy (non-hydrogen) atoms. The molecule has 0 fully saturated rings. The minimum absolute atomic E-state index is 0. The smallest absolute Gasteiger partial charge is 0.0558 e. The first-order chi connectivity index (χ1) is 10.8. The molecular weight excluding hydrogens is 306 g/mol. The average Bonchev–Trinajstić information content (AvgIpc) is 2.51. The summed E-state index contributed by atoms with van der Waals surface area (Å²) in [5.74, 6) is 0. The number of hydrogen-bond donors (Lipinski definition) is 1. The van der Waals surface area contributed by atoms with Crippen LogP contribution in [0.4, 0.5) is 0 Å². The second-order valence-electron chi connectivity index (χ2n) is 6.98. The molecule has 2 nitrogen and oxygen atoms in total. The lowest BCUT2D eigenvalue weighted by molar-refractivity contribution is 0.219. The van der Waals surface area contributed by atoms with Crippen LogP contribution in [0, 0.1) is 0 Å². The lowest BCUT2D eigenvalue weighted by atomic mass is 10.0. The summed E-state index contributed by atoms with van der Waals surface area (Å²) in [6.07, 6.45) is 21.3. The molecule has 0 aliphatic rings. The molecule has 142 valence electrons. The van der Waals surface area contributed by atoms with Crippen molar-refractivity contribution in [2.45, 2.75) is 103 Å². The fraction of sp³-hybridized carbons (Fsp3) is 1.00. The van der Waals surface area contributed by atoms with E-state index in [0.29, 0.717) is 0 Å². The Balaban J connectivity index is 0. The summed E-state index contributed by atoms with van der Waals surface area (Å²) in [5.41, 5.74) is 0. The van der Waals surface area contributed by atoms with Gasteiger partial charge in [0.15, 0.2) is 0 Å². The Morgan fingerprint density at radius 2 is 0.913 bits per heavy atom. The zero-order valence-electron chi connectivity index (χ0n) is 16.0. The third-order valence-electron chi connectivity index (χ3n) is 4.63. The molecule has 0 rings (SSSR count). The number of aliphatic hydroxyl groups is 1. The van der Waals surface area contributed by atoms with E-state index in [1.807, 2.05) is 0 Å². The number of hydrogen-bond acceptors (Lipinski definition) is 2. The highest BCUT2D eigenvalue weighted by Gasteiger charge is 1.97. The van der Waals surface area contributed by atoms with Crippen LogP contribution >= 0.6 is 12.4 Å². The Morgan fingerprint density at radius 3 is 1.26 bits per heavy atom. The van der Waals surface area contributed by atoms with Gasteiger partial charge in [0.2, 0.25) is 0 Å². The molecule has 0 bridgehead atoms. The molecule has 0 heterocycles. The van der Waals surface area contributed by atoms with Crippen molar-refractivity contribution in [3.05, 3.63) is 0 Å². The van der Waals surface area contributed by atoms with Gasteiger partial charge < -0.3 is 10.0 Å². The molecule has 0 aliphatic heterocycles. The van der Waals surface area contributed by atoms with Gasteiger partial charge in [0.25, 0.3) is 0 Å². The van der Waals surface area contributed by atoms with Crippen molar-refractivity contribution in [1.29, 1.82) is 0 Å². The van der Waals surface area contributed by atoms with Crippen LogP contribution in [0.15, 0.2) is 0 Å². The summed E-state index contributed by atoms with van der Waals surface area (Å²) in [6.45, 7) is 4.53. The third-order valence-corrected chi connectivity index (χ3v) is 4.63. The van der Waals surface area contributed by atoms with Gasteiger partial charge in [-0.3, -0.25) is 0 Å². The Kier molecular flexibility index (Phi) is 24.6. The van der Waals surface area contributed by atoms with Crippen LogP contribution in [-0.2, 0) is 0 Å². The van der Waals surface area contributed by atoms with Gasteiger partial charge >= 0.3 is 0 Å². The Bertz CT molecular complexity index is 202. The van der Waals surface area contributed by atoms with Crippen molar-refractivity contribution >= 4 is 12.4 Å². The molecule has 0 aromatic rings. The second-order valence-corrected chi connectivity index (χ2v) is 6.98. The van der Waals surface area contributed by atoms with Gasteiger partial charge in [-0.1, -0.05) is 96.8 Å². The monoisotopic (exact) mass is 349 g/mol. The minimum Gasteiger partial charge on any atom is -0.395 e. The van der Waals surface area contributed by atoms with E-state index in [-0.39, 0.29) is 19.0 Å². The van der Waals surface area contributed by atoms with Crippen LogP contribution < -0.4 is 0 Å². The Labute approximate surface area is 152 Å². The van der Waals surface area contributed by atoms with Crippen molar-refractivity contribution in [2.75, 3.05) is 26.7 Å². The molecule has 0 radical (unpaired) electrons. The summed E-state index contributed by atoms with van der Waals surface area (Å²) in [4.78, 5) is 2.22. The van der Waals surface area contributed by atoms with Crippen LogP contribution in [0.3, 0.4) is 0 Å². The number of nitrogens with zero attached hydrogens (tertiary/aromatic N) is 1. The highest BCUT2D eigenvalue weighted by molar-refractivity contribution is 5.85. The Hall–Kier alpha value is 0.210. The second kappa shape index (κ2) is 22.2. The molecule has 0 spiro atoms. The molecule has 1 N–H and O–H groups in total. The highest BCUT2D eigenvalue weighted by atomic mass is 35.5. The number of halogens is 1. The SMILES string of the molecule is CCCCCCCCCCCCCCCCCN(C)CCO.Cl. The average molecular weight is 350 g/mol. The first-order valence-corrected chi connectivity index (χ1v) is 10.1. The van der Waals surface area contributed by atoms with E-state index < -0.39 is 0 Å². The van der Waals surface area contributed by atoms with Gasteiger partial charge in [-0.25, -0.2) is 0 Å². The van der Waals surface area contributed by atoms with Gasteiger partial charge in [0.05, 0.1) is 6.61 Å². The van der Waals surface area contributed by atoms with E-state index in [1.54, 1.807) is 0 Å². The zero-order valence-corrected chi connectivity index (χ0v) is 16.8. The topological polar surface area (TPSA) is 23.5 Å². The number of rotatable bonds is 18. The van der Waals surface area contributed by atoms with Crippen molar-refractivity contribution in [2.24, 2.45) is 0 Å². The molecule has 0 saturated heterocycles. The molecule has 0 saturated carbocycles. The molecular formula is C20H44ClNO. The summed E-state index contributed by atoms with van der Waals surface area (Å²) in [7, 11) is 2.10. The molecule has 3 heteroatoms. The summed E-state index contributed by atoms with van der Waals surface area (Å²) < 4.78 is 0. The summed E-state index contributed by atoms with van der Waals surface area (Å²) in [6, 6.07) is 0. The maximum atomic E-state index is 8.82. The fourth-order valence-electron chi connectivity index (χ4n) is 3.04. The van der Waals surface area contributed by atoms with E-state index in [2.05, 4.69) is 18.9 Å². The molecule has 0 atom stereocenters. The van der Waals surface area contributed by atoms with E-state index in [9.17, 15) is 0 Å². The van der Waals surface area contributed by atoms with Crippen LogP contribution in [0.25, 0.3) is 0 Å². The number of unbranched alkanes of at least 4 members (excludes halogenated alkanes) is 14. The maximum Gasteiger partial charge on any atom is 0.0558 e. The Morgan fingerprint density at radius 1 is 0.565 bits per heavy atom. The van der Waals surface area contributed by atoms with Gasteiger partial charge in [-0.15, -0.1) is 12.4 Å². The predicted octanol–water partition coefficient (Wildman–Crippen LogP) is 6.20. The van der Waals surface area contributed by atoms with Crippen LogP contribution in [0.1, 0.15) is 103 Å². The minimum atomic E-state index is 0. The first-order valence-electron chi connectivity index (χ1n) is 10.1. The van der Waals surface area contributed by atoms with Crippen LogP contribution in [-0.4, -0.2) is 36.8 Å². The van der Waals surface area contributed by atoms with E-state index in [4.69, 9.17) is 5.11 Å². The standard InChI is InChI=1S/C20H43NO.ClH/c1-3-4-5-6-7-8-9-10-11-12-13-14-15-16-17-18-21(2)19-20-22;/h22H,3-20H2,1-2H3;1H. The molecule has 0 aliphatic carbocycles. The summed E-state index contributed by atoms with van der Waals surface area (Å²) in [5, 5.41) is 8.82. The van der Waals surface area contributed by atoms with Crippen LogP contribution in [0.5, 0.6) is 0 Å². The van der Waals surface area contributed by atoms with Gasteiger partial charge in [0.1, 0.15) is 0 Å². The van der Waals surface area contributed by atoms with Crippen LogP contribution in [0.2, 0.25) is 0 Å². The lowest BCUT2D eigenvalue weighted by Gasteiger charge is -2.14. The predicted molar refractivity (Wildman–Crippen MR) is 107 cm³/mol. The van der Waals surface area contributed by atoms with E-state index >= 15 is 0 Å². The highest BCUT2D eigenvalue weighted by Crippen LogP contribution is 2.13. The van der Waals surface area contributed by atoms with Crippen molar-refractivity contribution in [3.8, 4) is 0 Å². The molecule has 0 amide bonds. The number of likely N-dealkylation sites (N-methyl/N-ethyl adjacent to an activating group) is 1. The van der Waals surface area contributed by atoms with Gasteiger partial charge in [0, 0.05) is 6.54 Å². The normalized spacial score (nSPS) is 11.0. The van der Waals surface area contributed by atoms with Crippen molar-refractivity contribution in [1.82, 2.24) is 4.90 Å². The van der Waals surface area contributed by atoms with E-state index in [1.165, 1.54) is 96.3 Å². The fourth-order valence-corrected chi connectivity index (χ4v) is 3.04. The largest absolute Gasteiger partial charge is 0.395 e. The quantitative estimate of drug-likeness (QED) is 0.297. The van der Waals surface area contributed by atoms with E-state index in [0.717, 1.165) is 13.1 Å². The number of aliphatic hydroxyl groups excluding tert-OH is 1. The van der Waals surface area contributed by atoms with Gasteiger partial charge in [-0.2, -0.15) is 0 Å². The summed E-state index contributed by atoms with van der Waals surface area (Å²) >= 11 is 0. The third kappa shape index (κ3) is 22.2. The lowest BCUT2D eigenvalue weighted by Crippen LogP contribution is -2.23. The first kappa shape index (κ1) is 25.5. The maximum absolute atomic E-state index is 8.82. The van der Waals surface area contributed by atoms with Crippen molar-refractivity contribution in [3.63, 3.8) is 0 Å². The van der Waals surface area contributed by atoms with Crippen molar-refractivity contribution < 1.29 is 5.11 Å². The molecule has 0 unspecified atom stereocenters. The molecule has 0 aromatic carbocycles. The zero-order chi connectivity index (χ0) is 16.3.